The molecule has 1 N–H and O–H groups in total. The number of nitrogens with one attached hydrogen (secondary N) is 1. The van der Waals surface area contributed by atoms with Crippen molar-refractivity contribution in [3.05, 3.63) is 87.3 Å². The van der Waals surface area contributed by atoms with E-state index in [1.54, 1.807) is 16.7 Å². The number of rotatable bonds is 4. The van der Waals surface area contributed by atoms with Gasteiger partial charge >= 0.3 is 5.69 Å². The molecule has 0 spiro atoms. The standard InChI is InChI=1S/C22H23FN4O2/c1-15-4-2-3-5-19(15)21(28)26-12-10-17(11-13-26)20-24-25-22(29)27(20)14-16-6-8-18(23)9-7-16/h2-9,17H,10-14H2,1H3,(H,25,29). The molecule has 1 saturated heterocycles. The van der Waals surface area contributed by atoms with Crippen LogP contribution in [0.5, 0.6) is 0 Å². The number of H-pyrrole nitrogens is 1. The van der Waals surface area contributed by atoms with Crippen molar-refractivity contribution in [1.82, 2.24) is 19.7 Å². The zero-order valence-electron chi connectivity index (χ0n) is 16.3. The number of amides is 1. The molecule has 2 heterocycles. The van der Waals surface area contributed by atoms with Gasteiger partial charge < -0.3 is 4.90 Å². The van der Waals surface area contributed by atoms with Crippen molar-refractivity contribution in [2.24, 2.45) is 0 Å². The predicted molar refractivity (Wildman–Crippen MR) is 107 cm³/mol. The largest absolute Gasteiger partial charge is 0.343 e. The monoisotopic (exact) mass is 394 g/mol. The zero-order valence-corrected chi connectivity index (χ0v) is 16.3. The summed E-state index contributed by atoms with van der Waals surface area (Å²) in [7, 11) is 0. The number of hydrogen-bond acceptors (Lipinski definition) is 3. The molecule has 0 unspecified atom stereocenters. The number of benzene rings is 2. The summed E-state index contributed by atoms with van der Waals surface area (Å²) in [5, 5.41) is 6.78. The Labute approximate surface area is 168 Å². The van der Waals surface area contributed by atoms with Crippen LogP contribution < -0.4 is 5.69 Å². The predicted octanol–water partition coefficient (Wildman–Crippen LogP) is 3.09. The van der Waals surface area contributed by atoms with E-state index in [4.69, 9.17) is 0 Å². The van der Waals surface area contributed by atoms with Gasteiger partial charge in [0.1, 0.15) is 11.6 Å². The Balaban J connectivity index is 1.46. The van der Waals surface area contributed by atoms with Crippen molar-refractivity contribution < 1.29 is 9.18 Å². The van der Waals surface area contributed by atoms with Gasteiger partial charge in [-0.2, -0.15) is 5.10 Å². The van der Waals surface area contributed by atoms with E-state index in [9.17, 15) is 14.0 Å². The van der Waals surface area contributed by atoms with Gasteiger partial charge in [-0.1, -0.05) is 30.3 Å². The number of likely N-dealkylation sites (tertiary alicyclic amines) is 1. The average molecular weight is 394 g/mol. The molecule has 0 aliphatic carbocycles. The summed E-state index contributed by atoms with van der Waals surface area (Å²) in [6, 6.07) is 13.7. The van der Waals surface area contributed by atoms with Gasteiger partial charge in [-0.15, -0.1) is 0 Å². The first-order valence-electron chi connectivity index (χ1n) is 9.77. The number of aromatic nitrogens is 3. The Morgan fingerprint density at radius 1 is 1.14 bits per heavy atom. The molecule has 6 nitrogen and oxygen atoms in total. The van der Waals surface area contributed by atoms with Crippen LogP contribution in [0.1, 0.15) is 46.1 Å². The average Bonchev–Trinajstić information content (AvgIpc) is 3.10. The SMILES string of the molecule is Cc1ccccc1C(=O)N1CCC(c2n[nH]c(=O)n2Cc2ccc(F)cc2)CC1. The fourth-order valence-corrected chi connectivity index (χ4v) is 3.89. The van der Waals surface area contributed by atoms with E-state index in [0.29, 0.717) is 25.5 Å². The molecule has 1 amide bonds. The molecular weight excluding hydrogens is 371 g/mol. The summed E-state index contributed by atoms with van der Waals surface area (Å²) < 4.78 is 14.8. The van der Waals surface area contributed by atoms with E-state index in [1.807, 2.05) is 36.1 Å². The van der Waals surface area contributed by atoms with Gasteiger partial charge in [-0.3, -0.25) is 9.36 Å². The molecule has 0 radical (unpaired) electrons. The second-order valence-electron chi connectivity index (χ2n) is 7.48. The lowest BCUT2D eigenvalue weighted by Gasteiger charge is -2.32. The fraction of sp³-hybridized carbons (Fsp3) is 0.318. The third kappa shape index (κ3) is 3.99. The molecule has 0 bridgehead atoms. The van der Waals surface area contributed by atoms with E-state index in [1.165, 1.54) is 12.1 Å². The summed E-state index contributed by atoms with van der Waals surface area (Å²) in [6.07, 6.45) is 1.48. The summed E-state index contributed by atoms with van der Waals surface area (Å²) in [4.78, 5) is 26.9. The highest BCUT2D eigenvalue weighted by atomic mass is 19.1. The van der Waals surface area contributed by atoms with E-state index >= 15 is 0 Å². The summed E-state index contributed by atoms with van der Waals surface area (Å²) in [5.74, 6) is 0.532. The Bertz CT molecular complexity index is 1060. The van der Waals surface area contributed by atoms with Crippen molar-refractivity contribution in [2.45, 2.75) is 32.2 Å². The van der Waals surface area contributed by atoms with E-state index in [-0.39, 0.29) is 23.3 Å². The maximum Gasteiger partial charge on any atom is 0.343 e. The quantitative estimate of drug-likeness (QED) is 0.739. The summed E-state index contributed by atoms with van der Waals surface area (Å²) >= 11 is 0. The fourth-order valence-electron chi connectivity index (χ4n) is 3.89. The van der Waals surface area contributed by atoms with Gasteiger partial charge in [0.2, 0.25) is 0 Å². The zero-order chi connectivity index (χ0) is 20.4. The van der Waals surface area contributed by atoms with Gasteiger partial charge in [0.05, 0.1) is 6.54 Å². The molecule has 1 fully saturated rings. The highest BCUT2D eigenvalue weighted by Gasteiger charge is 2.28. The van der Waals surface area contributed by atoms with Crippen LogP contribution in [-0.2, 0) is 6.54 Å². The van der Waals surface area contributed by atoms with Crippen molar-refractivity contribution in [3.63, 3.8) is 0 Å². The van der Waals surface area contributed by atoms with Crippen LogP contribution in [0.2, 0.25) is 0 Å². The van der Waals surface area contributed by atoms with E-state index in [2.05, 4.69) is 10.2 Å². The smallest absolute Gasteiger partial charge is 0.339 e. The van der Waals surface area contributed by atoms with Gasteiger partial charge in [-0.25, -0.2) is 14.3 Å². The first-order valence-corrected chi connectivity index (χ1v) is 9.77. The number of hydrogen-bond donors (Lipinski definition) is 1. The topological polar surface area (TPSA) is 71.0 Å². The normalized spacial score (nSPS) is 14.9. The van der Waals surface area contributed by atoms with Crippen molar-refractivity contribution in [1.29, 1.82) is 0 Å². The Hall–Kier alpha value is -3.22. The summed E-state index contributed by atoms with van der Waals surface area (Å²) in [6.45, 7) is 3.52. The van der Waals surface area contributed by atoms with Crippen LogP contribution in [0.25, 0.3) is 0 Å². The van der Waals surface area contributed by atoms with Crippen LogP contribution >= 0.6 is 0 Å². The van der Waals surface area contributed by atoms with Gasteiger partial charge in [0, 0.05) is 24.6 Å². The summed E-state index contributed by atoms with van der Waals surface area (Å²) in [5.41, 5.74) is 2.27. The Morgan fingerprint density at radius 3 is 2.52 bits per heavy atom. The molecule has 4 rings (SSSR count). The third-order valence-electron chi connectivity index (χ3n) is 5.56. The molecular formula is C22H23FN4O2. The van der Waals surface area contributed by atoms with Crippen LogP contribution in [0, 0.1) is 12.7 Å². The number of aromatic amines is 1. The highest BCUT2D eigenvalue weighted by molar-refractivity contribution is 5.95. The molecule has 1 aliphatic rings. The molecule has 7 heteroatoms. The molecule has 1 aromatic heterocycles. The second kappa shape index (κ2) is 8.03. The molecule has 150 valence electrons. The second-order valence-corrected chi connectivity index (χ2v) is 7.48. The van der Waals surface area contributed by atoms with Gasteiger partial charge in [-0.05, 0) is 49.1 Å². The minimum absolute atomic E-state index is 0.0484. The Morgan fingerprint density at radius 2 is 1.83 bits per heavy atom. The maximum atomic E-state index is 13.1. The number of aryl methyl sites for hydroxylation is 1. The number of halogens is 1. The van der Waals surface area contributed by atoms with E-state index < -0.39 is 0 Å². The highest BCUT2D eigenvalue weighted by Crippen LogP contribution is 2.27. The van der Waals surface area contributed by atoms with Crippen molar-refractivity contribution in [3.8, 4) is 0 Å². The van der Waals surface area contributed by atoms with Crippen molar-refractivity contribution >= 4 is 5.91 Å². The molecule has 1 aliphatic heterocycles. The number of nitrogens with zero attached hydrogens (tertiary/aromatic N) is 3. The van der Waals surface area contributed by atoms with Crippen LogP contribution in [0.3, 0.4) is 0 Å². The molecule has 0 atom stereocenters. The number of carbonyl (C=O) groups is 1. The number of carbonyl (C=O) groups excluding carboxylic acids is 1. The lowest BCUT2D eigenvalue weighted by Crippen LogP contribution is -2.39. The third-order valence-corrected chi connectivity index (χ3v) is 5.56. The minimum atomic E-state index is -0.306. The first kappa shape index (κ1) is 19.1. The van der Waals surface area contributed by atoms with Crippen LogP contribution in [0.15, 0.2) is 53.3 Å². The minimum Gasteiger partial charge on any atom is -0.339 e. The molecule has 3 aromatic rings. The van der Waals surface area contributed by atoms with Gasteiger partial charge in [0.25, 0.3) is 5.91 Å². The molecule has 2 aromatic carbocycles. The van der Waals surface area contributed by atoms with Crippen LogP contribution in [-0.4, -0.2) is 38.7 Å². The molecule has 0 saturated carbocycles. The Kier molecular flexibility index (Phi) is 5.29. The maximum absolute atomic E-state index is 13.1. The lowest BCUT2D eigenvalue weighted by atomic mass is 9.95. The number of piperidine rings is 1. The van der Waals surface area contributed by atoms with E-state index in [0.717, 1.165) is 29.5 Å². The van der Waals surface area contributed by atoms with Gasteiger partial charge in [0.15, 0.2) is 0 Å². The van der Waals surface area contributed by atoms with Crippen molar-refractivity contribution in [2.75, 3.05) is 13.1 Å². The first-order chi connectivity index (χ1) is 14.0. The van der Waals surface area contributed by atoms with Crippen LogP contribution in [0.4, 0.5) is 4.39 Å². The lowest BCUT2D eigenvalue weighted by molar-refractivity contribution is 0.0709. The molecule has 29 heavy (non-hydrogen) atoms.